The molecular weight excluding hydrogens is 240 g/mol. The fourth-order valence-corrected chi connectivity index (χ4v) is 1.56. The van der Waals surface area contributed by atoms with Gasteiger partial charge in [0.2, 0.25) is 0 Å². The van der Waals surface area contributed by atoms with Crippen LogP contribution in [-0.2, 0) is 0 Å². The molecule has 3 nitrogen and oxygen atoms in total. The van der Waals surface area contributed by atoms with Gasteiger partial charge in [-0.15, -0.1) is 0 Å². The van der Waals surface area contributed by atoms with Gasteiger partial charge in [0.1, 0.15) is 0 Å². The summed E-state index contributed by atoms with van der Waals surface area (Å²) in [5.74, 6) is 0.459. The first-order chi connectivity index (χ1) is 7.51. The van der Waals surface area contributed by atoms with Crippen LogP contribution in [0.25, 0.3) is 0 Å². The summed E-state index contributed by atoms with van der Waals surface area (Å²) in [7, 11) is 2.75. The summed E-state index contributed by atoms with van der Waals surface area (Å²) in [5, 5.41) is 0.267. The minimum absolute atomic E-state index is 0.127. The van der Waals surface area contributed by atoms with Crippen LogP contribution in [0.1, 0.15) is 11.6 Å². The molecule has 0 aliphatic heterocycles. The normalized spacial score (nSPS) is 12.7. The lowest BCUT2D eigenvalue weighted by Gasteiger charge is -2.17. The summed E-state index contributed by atoms with van der Waals surface area (Å²) in [6.45, 7) is 0. The summed E-state index contributed by atoms with van der Waals surface area (Å²) in [6.07, 6.45) is -2.70. The van der Waals surface area contributed by atoms with E-state index in [4.69, 9.17) is 26.8 Å². The summed E-state index contributed by atoms with van der Waals surface area (Å²) < 4.78 is 35.0. The zero-order valence-electron chi connectivity index (χ0n) is 8.84. The number of hydrogen-bond acceptors (Lipinski definition) is 3. The van der Waals surface area contributed by atoms with Crippen LogP contribution in [0.3, 0.4) is 0 Å². The lowest BCUT2D eigenvalue weighted by molar-refractivity contribution is 0.115. The van der Waals surface area contributed by atoms with Crippen LogP contribution < -0.4 is 15.2 Å². The number of halogens is 3. The highest BCUT2D eigenvalue weighted by Crippen LogP contribution is 2.38. The van der Waals surface area contributed by atoms with Crippen LogP contribution in [0.5, 0.6) is 11.5 Å². The Balaban J connectivity index is 3.30. The van der Waals surface area contributed by atoms with Gasteiger partial charge in [-0.05, 0) is 6.07 Å². The molecule has 0 aliphatic carbocycles. The monoisotopic (exact) mass is 251 g/mol. The standard InChI is InChI=1S/C10H12ClF2NO2/c1-15-7-4-5(11)3-6(9(7)16-2)8(14)10(12)13/h3-4,8,10H,14H2,1-2H3. The van der Waals surface area contributed by atoms with Crippen LogP contribution in [-0.4, -0.2) is 20.6 Å². The van der Waals surface area contributed by atoms with E-state index in [0.29, 0.717) is 0 Å². The fraction of sp³-hybridized carbons (Fsp3) is 0.400. The number of methoxy groups -OCH3 is 2. The molecule has 0 amide bonds. The van der Waals surface area contributed by atoms with E-state index in [2.05, 4.69) is 0 Å². The van der Waals surface area contributed by atoms with Gasteiger partial charge in [-0.25, -0.2) is 8.78 Å². The third-order valence-electron chi connectivity index (χ3n) is 2.10. The number of alkyl halides is 2. The van der Waals surface area contributed by atoms with E-state index in [-0.39, 0.29) is 22.1 Å². The maximum Gasteiger partial charge on any atom is 0.257 e. The molecule has 0 saturated heterocycles. The van der Waals surface area contributed by atoms with Gasteiger partial charge in [-0.1, -0.05) is 11.6 Å². The van der Waals surface area contributed by atoms with Crippen molar-refractivity contribution in [2.45, 2.75) is 12.5 Å². The van der Waals surface area contributed by atoms with E-state index < -0.39 is 12.5 Å². The highest BCUT2D eigenvalue weighted by Gasteiger charge is 2.24. The quantitative estimate of drug-likeness (QED) is 0.895. The predicted octanol–water partition coefficient (Wildman–Crippen LogP) is 2.62. The van der Waals surface area contributed by atoms with E-state index in [0.717, 1.165) is 0 Å². The molecule has 0 spiro atoms. The van der Waals surface area contributed by atoms with Crippen molar-refractivity contribution in [3.63, 3.8) is 0 Å². The SMILES string of the molecule is COc1cc(Cl)cc(C(N)C(F)F)c1OC. The molecule has 90 valence electrons. The second kappa shape index (κ2) is 5.32. The molecule has 2 N–H and O–H groups in total. The minimum atomic E-state index is -2.70. The molecule has 1 rings (SSSR count). The Kier molecular flexibility index (Phi) is 4.32. The highest BCUT2D eigenvalue weighted by molar-refractivity contribution is 6.30. The lowest BCUT2D eigenvalue weighted by Crippen LogP contribution is -2.20. The number of benzene rings is 1. The number of ether oxygens (including phenoxy) is 2. The third kappa shape index (κ3) is 2.54. The van der Waals surface area contributed by atoms with Crippen LogP contribution in [0.2, 0.25) is 5.02 Å². The topological polar surface area (TPSA) is 44.5 Å². The summed E-state index contributed by atoms with van der Waals surface area (Å²) in [4.78, 5) is 0. The molecule has 0 fully saturated rings. The van der Waals surface area contributed by atoms with Crippen molar-refractivity contribution >= 4 is 11.6 Å². The maximum absolute atomic E-state index is 12.5. The summed E-state index contributed by atoms with van der Waals surface area (Å²) in [5.41, 5.74) is 5.49. The Morgan fingerprint density at radius 1 is 1.25 bits per heavy atom. The van der Waals surface area contributed by atoms with Gasteiger partial charge < -0.3 is 15.2 Å². The van der Waals surface area contributed by atoms with Crippen LogP contribution >= 0.6 is 11.6 Å². The van der Waals surface area contributed by atoms with Gasteiger partial charge in [0.05, 0.1) is 20.3 Å². The molecular formula is C10H12ClF2NO2. The predicted molar refractivity (Wildman–Crippen MR) is 57.5 cm³/mol. The molecule has 0 aliphatic rings. The van der Waals surface area contributed by atoms with E-state index >= 15 is 0 Å². The van der Waals surface area contributed by atoms with Gasteiger partial charge in [0.15, 0.2) is 11.5 Å². The van der Waals surface area contributed by atoms with Crippen molar-refractivity contribution in [1.29, 1.82) is 0 Å². The smallest absolute Gasteiger partial charge is 0.257 e. The Morgan fingerprint density at radius 2 is 1.88 bits per heavy atom. The first kappa shape index (κ1) is 13.0. The molecule has 0 saturated carbocycles. The molecule has 16 heavy (non-hydrogen) atoms. The van der Waals surface area contributed by atoms with Crippen molar-refractivity contribution < 1.29 is 18.3 Å². The van der Waals surface area contributed by atoms with Crippen molar-refractivity contribution in [2.75, 3.05) is 14.2 Å². The Labute approximate surface area is 97.1 Å². The molecule has 0 heterocycles. The number of hydrogen-bond donors (Lipinski definition) is 1. The van der Waals surface area contributed by atoms with Crippen molar-refractivity contribution in [3.05, 3.63) is 22.7 Å². The largest absolute Gasteiger partial charge is 0.493 e. The molecule has 1 unspecified atom stereocenters. The average Bonchev–Trinajstić information content (AvgIpc) is 2.26. The zero-order chi connectivity index (χ0) is 12.3. The number of rotatable bonds is 4. The van der Waals surface area contributed by atoms with Gasteiger partial charge >= 0.3 is 0 Å². The van der Waals surface area contributed by atoms with Gasteiger partial charge in [-0.3, -0.25) is 0 Å². The Bertz CT molecular complexity index is 374. The first-order valence-electron chi connectivity index (χ1n) is 4.46. The van der Waals surface area contributed by atoms with Crippen molar-refractivity contribution in [2.24, 2.45) is 5.73 Å². The number of nitrogens with two attached hydrogens (primary N) is 1. The second-order valence-corrected chi connectivity index (χ2v) is 3.53. The lowest BCUT2D eigenvalue weighted by atomic mass is 10.1. The third-order valence-corrected chi connectivity index (χ3v) is 2.32. The van der Waals surface area contributed by atoms with Crippen LogP contribution in [0, 0.1) is 0 Å². The van der Waals surface area contributed by atoms with Crippen LogP contribution in [0.4, 0.5) is 8.78 Å². The average molecular weight is 252 g/mol. The highest BCUT2D eigenvalue weighted by atomic mass is 35.5. The molecule has 1 aromatic rings. The van der Waals surface area contributed by atoms with E-state index in [9.17, 15) is 8.78 Å². The minimum Gasteiger partial charge on any atom is -0.493 e. The van der Waals surface area contributed by atoms with Crippen LogP contribution in [0.15, 0.2) is 12.1 Å². The molecule has 0 aromatic heterocycles. The van der Waals surface area contributed by atoms with Crippen molar-refractivity contribution in [3.8, 4) is 11.5 Å². The molecule has 6 heteroatoms. The molecule has 0 radical (unpaired) electrons. The Morgan fingerprint density at radius 3 is 2.31 bits per heavy atom. The van der Waals surface area contributed by atoms with Gasteiger partial charge in [0.25, 0.3) is 6.43 Å². The van der Waals surface area contributed by atoms with E-state index in [1.165, 1.54) is 26.4 Å². The fourth-order valence-electron chi connectivity index (χ4n) is 1.34. The molecule has 0 bridgehead atoms. The first-order valence-corrected chi connectivity index (χ1v) is 4.84. The molecule has 1 aromatic carbocycles. The zero-order valence-corrected chi connectivity index (χ0v) is 9.59. The second-order valence-electron chi connectivity index (χ2n) is 3.09. The van der Waals surface area contributed by atoms with Gasteiger partial charge in [-0.2, -0.15) is 0 Å². The summed E-state index contributed by atoms with van der Waals surface area (Å²) >= 11 is 5.77. The van der Waals surface area contributed by atoms with E-state index in [1.807, 2.05) is 0 Å². The summed E-state index contributed by atoms with van der Waals surface area (Å²) in [6, 6.07) is 1.37. The van der Waals surface area contributed by atoms with Crippen molar-refractivity contribution in [1.82, 2.24) is 0 Å². The maximum atomic E-state index is 12.5. The van der Waals surface area contributed by atoms with E-state index in [1.54, 1.807) is 0 Å². The van der Waals surface area contributed by atoms with Gasteiger partial charge in [0, 0.05) is 16.7 Å². The molecule has 1 atom stereocenters. The Hall–Kier alpha value is -1.07.